The van der Waals surface area contributed by atoms with Crippen LogP contribution in [0.3, 0.4) is 0 Å². The van der Waals surface area contributed by atoms with Crippen LogP contribution in [0.4, 0.5) is 0 Å². The smallest absolute Gasteiger partial charge is 0.462 e. The van der Waals surface area contributed by atoms with Crippen LogP contribution in [0.2, 0.25) is 0 Å². The first kappa shape index (κ1) is 99.1. The molecular weight excluding hydrogens is 1320 g/mol. The Hall–Kier alpha value is -1.94. The van der Waals surface area contributed by atoms with Gasteiger partial charge in [0.1, 0.15) is 19.3 Å². The summed E-state index contributed by atoms with van der Waals surface area (Å²) in [5, 5.41) is 10.6. The van der Waals surface area contributed by atoms with Crippen LogP contribution in [0.5, 0.6) is 0 Å². The van der Waals surface area contributed by atoms with Crippen molar-refractivity contribution in [1.29, 1.82) is 0 Å². The monoisotopic (exact) mass is 1480 g/mol. The van der Waals surface area contributed by atoms with Gasteiger partial charge in [0.15, 0.2) is 12.2 Å². The van der Waals surface area contributed by atoms with Crippen molar-refractivity contribution in [2.24, 2.45) is 11.8 Å². The third-order valence-electron chi connectivity index (χ3n) is 19.2. The van der Waals surface area contributed by atoms with Gasteiger partial charge in [0.05, 0.1) is 26.4 Å². The predicted molar refractivity (Wildman–Crippen MR) is 414 cm³/mol. The molecule has 101 heavy (non-hydrogen) atoms. The Kier molecular flexibility index (Phi) is 72.2. The minimum absolute atomic E-state index is 0.108. The molecule has 0 aliphatic heterocycles. The first-order chi connectivity index (χ1) is 48.9. The van der Waals surface area contributed by atoms with Crippen molar-refractivity contribution < 1.29 is 80.2 Å². The average Bonchev–Trinajstić information content (AvgIpc) is 0.953. The fraction of sp³-hybridized carbons (Fsp3) is 0.951. The van der Waals surface area contributed by atoms with Gasteiger partial charge in [0.2, 0.25) is 0 Å². The maximum absolute atomic E-state index is 13.1. The lowest BCUT2D eigenvalue weighted by Crippen LogP contribution is -2.30. The molecule has 0 spiro atoms. The summed E-state index contributed by atoms with van der Waals surface area (Å²) in [7, 11) is -9.92. The summed E-state index contributed by atoms with van der Waals surface area (Å²) >= 11 is 0. The van der Waals surface area contributed by atoms with E-state index in [9.17, 15) is 43.2 Å². The van der Waals surface area contributed by atoms with Crippen molar-refractivity contribution in [3.63, 3.8) is 0 Å². The molecule has 0 aromatic heterocycles. The molecule has 0 aliphatic rings. The number of unbranched alkanes of at least 4 members (excludes halogenated alkanes) is 51. The lowest BCUT2D eigenvalue weighted by molar-refractivity contribution is -0.161. The Labute approximate surface area is 619 Å². The Balaban J connectivity index is 5.21. The second-order valence-corrected chi connectivity index (χ2v) is 33.4. The number of aliphatic hydroxyl groups is 1. The van der Waals surface area contributed by atoms with Gasteiger partial charge in [-0.3, -0.25) is 37.3 Å². The van der Waals surface area contributed by atoms with Gasteiger partial charge in [0.25, 0.3) is 0 Å². The molecule has 0 amide bonds. The van der Waals surface area contributed by atoms with Gasteiger partial charge in [-0.2, -0.15) is 0 Å². The predicted octanol–water partition coefficient (Wildman–Crippen LogP) is 24.7. The van der Waals surface area contributed by atoms with Crippen LogP contribution >= 0.6 is 15.6 Å². The molecule has 0 saturated heterocycles. The van der Waals surface area contributed by atoms with E-state index in [4.69, 9.17) is 37.0 Å². The number of hydrogen-bond donors (Lipinski definition) is 3. The van der Waals surface area contributed by atoms with Gasteiger partial charge in [-0.15, -0.1) is 0 Å². The standard InChI is InChI=1S/C82H160O17P2/c1-7-9-11-13-15-17-18-19-30-36-42-48-54-60-66-81(86)98-77(70-92-79(84)64-58-52-46-38-16-14-12-10-8-2)72-96-100(88,89)94-68-76(83)69-95-101(90,91)97-73-78(99-82(87)67-61-55-49-43-37-32-27-23-21-25-29-34-40-45-51-57-63-75(5)6)71-93-80(85)65-59-53-47-41-35-31-26-22-20-24-28-33-39-44-50-56-62-74(3)4/h74-78,83H,7-73H2,1-6H3,(H,88,89)(H,90,91)/t76-,77+,78+/m0/s1. The van der Waals surface area contributed by atoms with E-state index < -0.39 is 97.5 Å². The number of hydrogen-bond acceptors (Lipinski definition) is 15. The van der Waals surface area contributed by atoms with Crippen molar-refractivity contribution in [1.82, 2.24) is 0 Å². The van der Waals surface area contributed by atoms with Gasteiger partial charge in [-0.25, -0.2) is 9.13 Å². The van der Waals surface area contributed by atoms with Crippen molar-refractivity contribution in [3.8, 4) is 0 Å². The Morgan fingerprint density at radius 2 is 0.455 bits per heavy atom. The fourth-order valence-corrected chi connectivity index (χ4v) is 14.3. The molecule has 0 aromatic carbocycles. The number of carbonyl (C=O) groups excluding carboxylic acids is 4. The van der Waals surface area contributed by atoms with Crippen LogP contribution in [0.1, 0.15) is 433 Å². The highest BCUT2D eigenvalue weighted by molar-refractivity contribution is 7.47. The van der Waals surface area contributed by atoms with Gasteiger partial charge in [-0.05, 0) is 37.5 Å². The summed E-state index contributed by atoms with van der Waals surface area (Å²) in [6, 6.07) is 0. The number of carbonyl (C=O) groups is 4. The number of phosphoric acid groups is 2. The third kappa shape index (κ3) is 76.1. The SMILES string of the molecule is CCCCCCCCCCCCCCCCC(=O)O[C@H](COC(=O)CCCCCCCCCCC)COP(=O)(O)OC[C@H](O)COP(=O)(O)OC[C@@H](COC(=O)CCCCCCCCCCCCCCCCCCC(C)C)OC(=O)CCCCCCCCCCCCCCCCCCC(C)C. The molecule has 0 bridgehead atoms. The molecule has 0 heterocycles. The van der Waals surface area contributed by atoms with Crippen LogP contribution in [-0.4, -0.2) is 96.7 Å². The van der Waals surface area contributed by atoms with Gasteiger partial charge >= 0.3 is 39.5 Å². The molecule has 0 fully saturated rings. The zero-order valence-corrected chi connectivity index (χ0v) is 68.0. The van der Waals surface area contributed by atoms with E-state index in [1.807, 2.05) is 0 Å². The highest BCUT2D eigenvalue weighted by atomic mass is 31.2. The Morgan fingerprint density at radius 3 is 0.673 bits per heavy atom. The van der Waals surface area contributed by atoms with E-state index in [1.54, 1.807) is 0 Å². The molecule has 0 saturated carbocycles. The van der Waals surface area contributed by atoms with E-state index >= 15 is 0 Å². The summed E-state index contributed by atoms with van der Waals surface area (Å²) in [5.41, 5.74) is 0. The minimum Gasteiger partial charge on any atom is -0.462 e. The van der Waals surface area contributed by atoms with Crippen LogP contribution in [0.15, 0.2) is 0 Å². The first-order valence-electron chi connectivity index (χ1n) is 42.5. The van der Waals surface area contributed by atoms with Crippen LogP contribution in [0, 0.1) is 11.8 Å². The van der Waals surface area contributed by atoms with Gasteiger partial charge in [-0.1, -0.05) is 382 Å². The summed E-state index contributed by atoms with van der Waals surface area (Å²) in [6.45, 7) is 9.69. The first-order valence-corrected chi connectivity index (χ1v) is 45.5. The van der Waals surface area contributed by atoms with Crippen molar-refractivity contribution in [3.05, 3.63) is 0 Å². The van der Waals surface area contributed by atoms with E-state index in [2.05, 4.69) is 41.5 Å². The van der Waals surface area contributed by atoms with E-state index in [0.29, 0.717) is 25.7 Å². The molecule has 0 radical (unpaired) electrons. The number of esters is 4. The van der Waals surface area contributed by atoms with Gasteiger partial charge < -0.3 is 33.8 Å². The molecule has 0 aliphatic carbocycles. The Morgan fingerprint density at radius 1 is 0.267 bits per heavy atom. The molecule has 3 N–H and O–H groups in total. The highest BCUT2D eigenvalue weighted by Crippen LogP contribution is 2.45. The molecule has 17 nitrogen and oxygen atoms in total. The van der Waals surface area contributed by atoms with Crippen LogP contribution in [-0.2, 0) is 65.4 Å². The fourth-order valence-electron chi connectivity index (χ4n) is 12.7. The molecular formula is C82H160O17P2. The zero-order chi connectivity index (χ0) is 74.2. The van der Waals surface area contributed by atoms with E-state index in [-0.39, 0.29) is 25.7 Å². The average molecular weight is 1480 g/mol. The van der Waals surface area contributed by atoms with E-state index in [1.165, 1.54) is 250 Å². The number of rotatable bonds is 81. The Bertz CT molecular complexity index is 1940. The summed E-state index contributed by atoms with van der Waals surface area (Å²) in [4.78, 5) is 73.0. The molecule has 600 valence electrons. The number of phosphoric ester groups is 2. The van der Waals surface area contributed by atoms with Crippen molar-refractivity contribution in [2.45, 2.75) is 452 Å². The minimum atomic E-state index is -4.96. The lowest BCUT2D eigenvalue weighted by Gasteiger charge is -2.21. The van der Waals surface area contributed by atoms with Crippen LogP contribution in [0.25, 0.3) is 0 Å². The topological polar surface area (TPSA) is 237 Å². The van der Waals surface area contributed by atoms with Gasteiger partial charge in [0, 0.05) is 25.7 Å². The highest BCUT2D eigenvalue weighted by Gasteiger charge is 2.30. The van der Waals surface area contributed by atoms with Crippen molar-refractivity contribution >= 4 is 39.5 Å². The second-order valence-electron chi connectivity index (χ2n) is 30.5. The summed E-state index contributed by atoms with van der Waals surface area (Å²) in [6.07, 6.45) is 63.8. The molecule has 0 aromatic rings. The van der Waals surface area contributed by atoms with Crippen molar-refractivity contribution in [2.75, 3.05) is 39.6 Å². The number of ether oxygens (including phenoxy) is 4. The van der Waals surface area contributed by atoms with Crippen LogP contribution < -0.4 is 0 Å². The normalized spacial score (nSPS) is 13.9. The molecule has 19 heteroatoms. The quantitative estimate of drug-likeness (QED) is 0.0222. The maximum Gasteiger partial charge on any atom is 0.472 e. The largest absolute Gasteiger partial charge is 0.472 e. The lowest BCUT2D eigenvalue weighted by atomic mass is 10.0. The number of aliphatic hydroxyl groups excluding tert-OH is 1. The summed E-state index contributed by atoms with van der Waals surface area (Å²) < 4.78 is 68.7. The molecule has 0 rings (SSSR count). The molecule has 5 atom stereocenters. The molecule has 2 unspecified atom stereocenters. The third-order valence-corrected chi connectivity index (χ3v) is 21.1. The zero-order valence-electron chi connectivity index (χ0n) is 66.2. The second kappa shape index (κ2) is 73.6. The van der Waals surface area contributed by atoms with E-state index in [0.717, 1.165) is 102 Å². The maximum atomic E-state index is 13.1. The summed E-state index contributed by atoms with van der Waals surface area (Å²) in [5.74, 6) is -0.485.